The third-order valence-electron chi connectivity index (χ3n) is 3.18. The third-order valence-corrected chi connectivity index (χ3v) is 5.57. The molecule has 1 aromatic carbocycles. The molecule has 0 radical (unpaired) electrons. The van der Waals surface area contributed by atoms with Crippen molar-refractivity contribution in [3.63, 3.8) is 0 Å². The number of nitrogens with zero attached hydrogens (tertiary/aromatic N) is 1. The molecular weight excluding hydrogens is 272 g/mol. The number of piperazine rings is 1. The first kappa shape index (κ1) is 13.8. The molecule has 1 fully saturated rings. The van der Waals surface area contributed by atoms with Crippen LogP contribution in [0.4, 0.5) is 0 Å². The van der Waals surface area contributed by atoms with Crippen LogP contribution in [0.1, 0.15) is 12.5 Å². The third kappa shape index (κ3) is 2.54. The van der Waals surface area contributed by atoms with E-state index in [-0.39, 0.29) is 6.04 Å². The van der Waals surface area contributed by atoms with Crippen LogP contribution in [0.15, 0.2) is 23.1 Å². The molecule has 0 saturated carbocycles. The first-order chi connectivity index (χ1) is 8.43. The average molecular weight is 289 g/mol. The summed E-state index contributed by atoms with van der Waals surface area (Å²) in [5.41, 5.74) is 0.727. The van der Waals surface area contributed by atoms with Crippen molar-refractivity contribution in [2.75, 3.05) is 19.6 Å². The van der Waals surface area contributed by atoms with Gasteiger partial charge in [0.1, 0.15) is 0 Å². The molecule has 6 heteroatoms. The summed E-state index contributed by atoms with van der Waals surface area (Å²) in [6, 6.07) is 4.93. The Morgan fingerprint density at radius 1 is 1.44 bits per heavy atom. The Balaban J connectivity index is 2.44. The van der Waals surface area contributed by atoms with E-state index in [2.05, 4.69) is 5.32 Å². The van der Waals surface area contributed by atoms with Gasteiger partial charge in [-0.15, -0.1) is 0 Å². The maximum Gasteiger partial charge on any atom is 0.243 e. The van der Waals surface area contributed by atoms with Crippen molar-refractivity contribution in [3.05, 3.63) is 28.8 Å². The Morgan fingerprint density at radius 3 is 2.83 bits per heavy atom. The second kappa shape index (κ2) is 5.17. The van der Waals surface area contributed by atoms with E-state index in [4.69, 9.17) is 11.6 Å². The molecule has 0 amide bonds. The minimum Gasteiger partial charge on any atom is -0.314 e. The van der Waals surface area contributed by atoms with Gasteiger partial charge < -0.3 is 5.32 Å². The molecule has 1 unspecified atom stereocenters. The lowest BCUT2D eigenvalue weighted by Crippen LogP contribution is -2.52. The van der Waals surface area contributed by atoms with Crippen LogP contribution in [0.5, 0.6) is 0 Å². The van der Waals surface area contributed by atoms with Gasteiger partial charge in [0.2, 0.25) is 10.0 Å². The molecule has 4 nitrogen and oxygen atoms in total. The first-order valence-electron chi connectivity index (χ1n) is 5.91. The number of benzene rings is 1. The molecule has 1 aromatic rings. The molecule has 0 bridgehead atoms. The van der Waals surface area contributed by atoms with Crippen molar-refractivity contribution < 1.29 is 8.42 Å². The van der Waals surface area contributed by atoms with Crippen molar-refractivity contribution in [1.29, 1.82) is 0 Å². The van der Waals surface area contributed by atoms with Gasteiger partial charge in [0.25, 0.3) is 0 Å². The smallest absolute Gasteiger partial charge is 0.243 e. The van der Waals surface area contributed by atoms with E-state index in [1.165, 1.54) is 6.07 Å². The monoisotopic (exact) mass is 288 g/mol. The van der Waals surface area contributed by atoms with E-state index in [1.807, 2.05) is 6.92 Å². The van der Waals surface area contributed by atoms with Crippen molar-refractivity contribution in [2.24, 2.45) is 0 Å². The van der Waals surface area contributed by atoms with E-state index >= 15 is 0 Å². The van der Waals surface area contributed by atoms with E-state index in [0.717, 1.165) is 5.56 Å². The second-order valence-electron chi connectivity index (χ2n) is 4.58. The molecule has 100 valence electrons. The molecule has 2 rings (SSSR count). The highest BCUT2D eigenvalue weighted by atomic mass is 35.5. The van der Waals surface area contributed by atoms with Gasteiger partial charge in [0.05, 0.1) is 4.90 Å². The topological polar surface area (TPSA) is 49.4 Å². The van der Waals surface area contributed by atoms with Crippen LogP contribution in [0.2, 0.25) is 5.02 Å². The van der Waals surface area contributed by atoms with Crippen molar-refractivity contribution >= 4 is 21.6 Å². The second-order valence-corrected chi connectivity index (χ2v) is 6.87. The SMILES string of the molecule is Cc1ccc(Cl)cc1S(=O)(=O)N1CCNCC1C. The summed E-state index contributed by atoms with van der Waals surface area (Å²) < 4.78 is 26.8. The van der Waals surface area contributed by atoms with Crippen LogP contribution in [0.3, 0.4) is 0 Å². The van der Waals surface area contributed by atoms with E-state index in [0.29, 0.717) is 29.6 Å². The summed E-state index contributed by atoms with van der Waals surface area (Å²) >= 11 is 5.90. The van der Waals surface area contributed by atoms with Gasteiger partial charge in [0.15, 0.2) is 0 Å². The Kier molecular flexibility index (Phi) is 3.96. The molecule has 1 N–H and O–H groups in total. The zero-order valence-corrected chi connectivity index (χ0v) is 12.1. The predicted octanol–water partition coefficient (Wildman–Crippen LogP) is 1.63. The van der Waals surface area contributed by atoms with Gasteiger partial charge in [0, 0.05) is 30.7 Å². The molecule has 1 saturated heterocycles. The lowest BCUT2D eigenvalue weighted by atomic mass is 10.2. The minimum absolute atomic E-state index is 0.0397. The van der Waals surface area contributed by atoms with E-state index in [1.54, 1.807) is 23.4 Å². The highest BCUT2D eigenvalue weighted by Gasteiger charge is 2.31. The van der Waals surface area contributed by atoms with Crippen molar-refractivity contribution in [3.8, 4) is 0 Å². The molecule has 1 atom stereocenters. The quantitative estimate of drug-likeness (QED) is 0.900. The zero-order chi connectivity index (χ0) is 13.3. The molecule has 0 aromatic heterocycles. The Morgan fingerprint density at radius 2 is 2.17 bits per heavy atom. The maximum atomic E-state index is 12.6. The van der Waals surface area contributed by atoms with E-state index < -0.39 is 10.0 Å². The molecule has 0 aliphatic carbocycles. The fraction of sp³-hybridized carbons (Fsp3) is 0.500. The van der Waals surface area contributed by atoms with Crippen molar-refractivity contribution in [2.45, 2.75) is 24.8 Å². The fourth-order valence-corrected chi connectivity index (χ4v) is 4.28. The fourth-order valence-electron chi connectivity index (χ4n) is 2.16. The largest absolute Gasteiger partial charge is 0.314 e. The molecule has 0 spiro atoms. The molecule has 1 aliphatic rings. The number of hydrogen-bond donors (Lipinski definition) is 1. The number of halogens is 1. The maximum absolute atomic E-state index is 12.6. The summed E-state index contributed by atoms with van der Waals surface area (Å²) in [5, 5.41) is 3.63. The Labute approximate surface area is 113 Å². The first-order valence-corrected chi connectivity index (χ1v) is 7.73. The summed E-state index contributed by atoms with van der Waals surface area (Å²) in [6.07, 6.45) is 0. The number of nitrogens with one attached hydrogen (secondary N) is 1. The molecule has 18 heavy (non-hydrogen) atoms. The van der Waals surface area contributed by atoms with Crippen LogP contribution in [0.25, 0.3) is 0 Å². The van der Waals surface area contributed by atoms with Gasteiger partial charge in [-0.25, -0.2) is 8.42 Å². The lowest BCUT2D eigenvalue weighted by Gasteiger charge is -2.33. The number of sulfonamides is 1. The van der Waals surface area contributed by atoms with Gasteiger partial charge >= 0.3 is 0 Å². The number of aryl methyl sites for hydroxylation is 1. The lowest BCUT2D eigenvalue weighted by molar-refractivity contribution is 0.283. The molecule has 1 aliphatic heterocycles. The normalized spacial score (nSPS) is 22.1. The van der Waals surface area contributed by atoms with Crippen LogP contribution in [-0.4, -0.2) is 38.4 Å². The van der Waals surface area contributed by atoms with Gasteiger partial charge in [-0.2, -0.15) is 4.31 Å². The van der Waals surface area contributed by atoms with Crippen molar-refractivity contribution in [1.82, 2.24) is 9.62 Å². The Hall–Kier alpha value is -0.620. The number of rotatable bonds is 2. The summed E-state index contributed by atoms with van der Waals surface area (Å²) in [6.45, 7) is 5.55. The predicted molar refractivity (Wildman–Crippen MR) is 72.4 cm³/mol. The van der Waals surface area contributed by atoms with Crippen LogP contribution < -0.4 is 5.32 Å². The molecular formula is C12H17ClN2O2S. The average Bonchev–Trinajstić information content (AvgIpc) is 2.32. The van der Waals surface area contributed by atoms with Gasteiger partial charge in [-0.1, -0.05) is 17.7 Å². The summed E-state index contributed by atoms with van der Waals surface area (Å²) in [4.78, 5) is 0.309. The highest BCUT2D eigenvalue weighted by molar-refractivity contribution is 7.89. The summed E-state index contributed by atoms with van der Waals surface area (Å²) in [7, 11) is -3.46. The number of hydrogen-bond acceptors (Lipinski definition) is 3. The standard InChI is InChI=1S/C12H17ClN2O2S/c1-9-3-4-11(13)7-12(9)18(16,17)15-6-5-14-8-10(15)2/h3-4,7,10,14H,5-6,8H2,1-2H3. The van der Waals surface area contributed by atoms with Crippen LogP contribution >= 0.6 is 11.6 Å². The van der Waals surface area contributed by atoms with Gasteiger partial charge in [-0.05, 0) is 31.5 Å². The zero-order valence-electron chi connectivity index (χ0n) is 10.5. The van der Waals surface area contributed by atoms with E-state index in [9.17, 15) is 8.42 Å². The molecule has 1 heterocycles. The van der Waals surface area contributed by atoms with Crippen LogP contribution in [0, 0.1) is 6.92 Å². The minimum atomic E-state index is -3.46. The summed E-state index contributed by atoms with van der Waals surface area (Å²) in [5.74, 6) is 0. The van der Waals surface area contributed by atoms with Crippen LogP contribution in [-0.2, 0) is 10.0 Å². The van der Waals surface area contributed by atoms with Gasteiger partial charge in [-0.3, -0.25) is 0 Å². The Bertz CT molecular complexity index is 545. The highest BCUT2D eigenvalue weighted by Crippen LogP contribution is 2.25.